The number of carbonyl (C=O) groups is 1. The van der Waals surface area contributed by atoms with E-state index in [1.165, 1.54) is 37.4 Å². The van der Waals surface area contributed by atoms with Crippen molar-refractivity contribution < 1.29 is 13.9 Å². The molecule has 0 bridgehead atoms. The smallest absolute Gasteiger partial charge is 0.230 e. The van der Waals surface area contributed by atoms with Crippen LogP contribution in [0, 0.1) is 0 Å². The number of hydrogen-bond acceptors (Lipinski definition) is 6. The van der Waals surface area contributed by atoms with E-state index >= 15 is 0 Å². The zero-order valence-corrected chi connectivity index (χ0v) is 18.6. The quantitative estimate of drug-likeness (QED) is 0.409. The Kier molecular flexibility index (Phi) is 7.30. The Morgan fingerprint density at radius 1 is 1.16 bits per heavy atom. The number of thioether (sulfide) groups is 1. The minimum Gasteiger partial charge on any atom is -0.497 e. The Morgan fingerprint density at radius 2 is 1.94 bits per heavy atom. The predicted molar refractivity (Wildman–Crippen MR) is 120 cm³/mol. The lowest BCUT2D eigenvalue weighted by atomic mass is 10.1. The number of hydrogen-bond donors (Lipinski definition) is 1. The number of carbonyl (C=O) groups excluding carboxylic acids is 1. The van der Waals surface area contributed by atoms with Crippen LogP contribution in [0.3, 0.4) is 0 Å². The van der Waals surface area contributed by atoms with Crippen molar-refractivity contribution in [3.63, 3.8) is 0 Å². The summed E-state index contributed by atoms with van der Waals surface area (Å²) in [5.74, 6) is 2.68. The highest BCUT2D eigenvalue weighted by Crippen LogP contribution is 2.27. The van der Waals surface area contributed by atoms with Crippen LogP contribution in [0.15, 0.2) is 52.2 Å². The maximum absolute atomic E-state index is 12.6. The molecule has 1 N–H and O–H groups in total. The van der Waals surface area contributed by atoms with E-state index < -0.39 is 0 Å². The molecule has 8 heteroatoms. The topological polar surface area (TPSA) is 82.2 Å². The highest BCUT2D eigenvalue weighted by molar-refractivity contribution is 7.99. The summed E-state index contributed by atoms with van der Waals surface area (Å²) in [6.07, 6.45) is 8.73. The van der Waals surface area contributed by atoms with E-state index in [0.29, 0.717) is 23.5 Å². The van der Waals surface area contributed by atoms with Crippen LogP contribution >= 0.6 is 11.8 Å². The van der Waals surface area contributed by atoms with Crippen LogP contribution in [-0.2, 0) is 11.3 Å². The van der Waals surface area contributed by atoms with E-state index in [4.69, 9.17) is 9.15 Å². The van der Waals surface area contributed by atoms with E-state index in [2.05, 4.69) is 15.5 Å². The lowest BCUT2D eigenvalue weighted by Gasteiger charge is -2.16. The lowest BCUT2D eigenvalue weighted by molar-refractivity contribution is -0.119. The minimum atomic E-state index is 0.0513. The fourth-order valence-corrected chi connectivity index (χ4v) is 4.62. The van der Waals surface area contributed by atoms with E-state index in [0.717, 1.165) is 35.7 Å². The van der Waals surface area contributed by atoms with E-state index in [-0.39, 0.29) is 5.91 Å². The second-order valence-electron chi connectivity index (χ2n) is 7.74. The Balaban J connectivity index is 1.48. The fraction of sp³-hybridized carbons (Fsp3) is 0.435. The normalized spacial score (nSPS) is 14.9. The van der Waals surface area contributed by atoms with Crippen molar-refractivity contribution in [1.82, 2.24) is 20.1 Å². The van der Waals surface area contributed by atoms with Crippen molar-refractivity contribution in [3.05, 3.63) is 48.4 Å². The molecule has 1 aromatic carbocycles. The predicted octanol–water partition coefficient (Wildman–Crippen LogP) is 4.53. The molecule has 2 aromatic heterocycles. The van der Waals surface area contributed by atoms with Gasteiger partial charge in [0.25, 0.3) is 0 Å². The third-order valence-corrected chi connectivity index (χ3v) is 6.48. The van der Waals surface area contributed by atoms with Gasteiger partial charge in [-0.05, 0) is 49.2 Å². The van der Waals surface area contributed by atoms with Gasteiger partial charge in [0, 0.05) is 11.6 Å². The summed E-state index contributed by atoms with van der Waals surface area (Å²) in [6.45, 7) is 0.494. The van der Waals surface area contributed by atoms with Crippen LogP contribution in [-0.4, -0.2) is 39.6 Å². The maximum atomic E-state index is 12.6. The standard InChI is InChI=1S/C23H28N4O3S/c1-29-19-12-10-17(11-13-19)22-25-26-23(27(22)15-20-9-6-14-30-20)31-16-21(28)24-18-7-4-2-3-5-8-18/h6,9-14,18H,2-5,7-8,15-16H2,1H3,(H,24,28). The average Bonchev–Trinajstić information content (AvgIpc) is 3.37. The van der Waals surface area contributed by atoms with Crippen molar-refractivity contribution in [2.45, 2.75) is 56.3 Å². The Hall–Kier alpha value is -2.74. The zero-order valence-electron chi connectivity index (χ0n) is 17.8. The minimum absolute atomic E-state index is 0.0513. The first kappa shape index (κ1) is 21.5. The summed E-state index contributed by atoms with van der Waals surface area (Å²) in [5.41, 5.74) is 0.926. The summed E-state index contributed by atoms with van der Waals surface area (Å²) in [5, 5.41) is 12.7. The van der Waals surface area contributed by atoms with Gasteiger partial charge in [-0.3, -0.25) is 9.36 Å². The maximum Gasteiger partial charge on any atom is 0.230 e. The zero-order chi connectivity index (χ0) is 21.5. The molecule has 0 saturated heterocycles. The lowest BCUT2D eigenvalue weighted by Crippen LogP contribution is -2.35. The van der Waals surface area contributed by atoms with Gasteiger partial charge < -0.3 is 14.5 Å². The van der Waals surface area contributed by atoms with Crippen molar-refractivity contribution in [3.8, 4) is 17.1 Å². The average molecular weight is 441 g/mol. The number of aromatic nitrogens is 3. The molecule has 3 aromatic rings. The molecule has 164 valence electrons. The van der Waals surface area contributed by atoms with Crippen molar-refractivity contribution in [2.75, 3.05) is 12.9 Å². The van der Waals surface area contributed by atoms with Crippen LogP contribution in [0.4, 0.5) is 0 Å². The third kappa shape index (κ3) is 5.70. The molecule has 31 heavy (non-hydrogen) atoms. The second-order valence-corrected chi connectivity index (χ2v) is 8.69. The van der Waals surface area contributed by atoms with Gasteiger partial charge in [0.15, 0.2) is 11.0 Å². The number of benzene rings is 1. The summed E-state index contributed by atoms with van der Waals surface area (Å²) < 4.78 is 12.8. The van der Waals surface area contributed by atoms with Crippen LogP contribution in [0.1, 0.15) is 44.3 Å². The molecule has 0 atom stereocenters. The Labute approximate surface area is 186 Å². The van der Waals surface area contributed by atoms with Gasteiger partial charge in [-0.25, -0.2) is 0 Å². The molecule has 7 nitrogen and oxygen atoms in total. The summed E-state index contributed by atoms with van der Waals surface area (Å²) >= 11 is 1.40. The largest absolute Gasteiger partial charge is 0.497 e. The fourth-order valence-electron chi connectivity index (χ4n) is 3.87. The number of methoxy groups -OCH3 is 1. The van der Waals surface area contributed by atoms with Crippen molar-refractivity contribution >= 4 is 17.7 Å². The summed E-state index contributed by atoms with van der Waals surface area (Å²) in [4.78, 5) is 12.6. The Bertz CT molecular complexity index is 961. The van der Waals surface area contributed by atoms with Gasteiger partial charge in [0.1, 0.15) is 11.5 Å². The molecule has 0 aliphatic heterocycles. The molecule has 1 aliphatic rings. The first-order valence-electron chi connectivity index (χ1n) is 10.7. The third-order valence-electron chi connectivity index (χ3n) is 5.51. The van der Waals surface area contributed by atoms with E-state index in [1.54, 1.807) is 13.4 Å². The van der Waals surface area contributed by atoms with Gasteiger partial charge >= 0.3 is 0 Å². The van der Waals surface area contributed by atoms with Crippen LogP contribution in [0.25, 0.3) is 11.4 Å². The molecule has 1 aliphatic carbocycles. The van der Waals surface area contributed by atoms with E-state index in [9.17, 15) is 4.79 Å². The van der Waals surface area contributed by atoms with Gasteiger partial charge in [0.05, 0.1) is 25.7 Å². The van der Waals surface area contributed by atoms with Gasteiger partial charge in [0.2, 0.25) is 5.91 Å². The van der Waals surface area contributed by atoms with Crippen molar-refractivity contribution in [2.24, 2.45) is 0 Å². The number of furan rings is 1. The monoisotopic (exact) mass is 440 g/mol. The molecule has 1 amide bonds. The highest BCUT2D eigenvalue weighted by atomic mass is 32.2. The molecular formula is C23H28N4O3S. The SMILES string of the molecule is COc1ccc(-c2nnc(SCC(=O)NC3CCCCCC3)n2Cc2ccco2)cc1. The Morgan fingerprint density at radius 3 is 2.61 bits per heavy atom. The van der Waals surface area contributed by atoms with Gasteiger partial charge in [-0.15, -0.1) is 10.2 Å². The first-order chi connectivity index (χ1) is 15.2. The van der Waals surface area contributed by atoms with Gasteiger partial charge in [-0.1, -0.05) is 37.4 Å². The molecule has 4 rings (SSSR count). The second kappa shape index (κ2) is 10.5. The molecule has 2 heterocycles. The summed E-state index contributed by atoms with van der Waals surface area (Å²) in [7, 11) is 1.64. The molecule has 1 saturated carbocycles. The number of nitrogens with zero attached hydrogens (tertiary/aromatic N) is 3. The first-order valence-corrected chi connectivity index (χ1v) is 11.7. The number of amides is 1. The number of rotatable bonds is 8. The number of nitrogens with one attached hydrogen (secondary N) is 1. The highest BCUT2D eigenvalue weighted by Gasteiger charge is 2.19. The molecule has 1 fully saturated rings. The van der Waals surface area contributed by atoms with Gasteiger partial charge in [-0.2, -0.15) is 0 Å². The van der Waals surface area contributed by atoms with Crippen LogP contribution in [0.2, 0.25) is 0 Å². The van der Waals surface area contributed by atoms with E-state index in [1.807, 2.05) is 41.0 Å². The van der Waals surface area contributed by atoms with Crippen LogP contribution < -0.4 is 10.1 Å². The van der Waals surface area contributed by atoms with Crippen molar-refractivity contribution in [1.29, 1.82) is 0 Å². The number of ether oxygens (including phenoxy) is 1. The molecule has 0 radical (unpaired) electrons. The molecular weight excluding hydrogens is 412 g/mol. The van der Waals surface area contributed by atoms with Crippen LogP contribution in [0.5, 0.6) is 5.75 Å². The molecule has 0 unspecified atom stereocenters. The summed E-state index contributed by atoms with van der Waals surface area (Å²) in [6, 6.07) is 11.8. The molecule has 0 spiro atoms.